The van der Waals surface area contributed by atoms with Crippen LogP contribution >= 0.6 is 23.2 Å². The number of methoxy groups -OCH3 is 1. The van der Waals surface area contributed by atoms with E-state index < -0.39 is 15.9 Å². The number of rotatable bonds is 7. The topological polar surface area (TPSA) is 75.7 Å². The maximum atomic E-state index is 12.9. The molecule has 0 aliphatic carbocycles. The zero-order valence-electron chi connectivity index (χ0n) is 15.1. The minimum absolute atomic E-state index is 0.0708. The highest BCUT2D eigenvalue weighted by Gasteiger charge is 2.27. The van der Waals surface area contributed by atoms with Gasteiger partial charge in [0.25, 0.3) is 5.91 Å². The van der Waals surface area contributed by atoms with Crippen molar-refractivity contribution in [2.45, 2.75) is 18.7 Å². The molecular formula is C18H20Cl2N2O4S. The second-order valence-corrected chi connectivity index (χ2v) is 8.20. The molecule has 2 aromatic carbocycles. The van der Waals surface area contributed by atoms with Gasteiger partial charge in [0.15, 0.2) is 0 Å². The van der Waals surface area contributed by atoms with Crippen LogP contribution in [-0.2, 0) is 10.0 Å². The quantitative estimate of drug-likeness (QED) is 0.710. The first kappa shape index (κ1) is 21.5. The van der Waals surface area contributed by atoms with Crippen LogP contribution in [0.3, 0.4) is 0 Å². The lowest BCUT2D eigenvalue weighted by Gasteiger charge is -2.20. The Hall–Kier alpha value is -1.80. The van der Waals surface area contributed by atoms with Crippen LogP contribution in [0.25, 0.3) is 0 Å². The number of ether oxygens (including phenoxy) is 1. The third-order valence-corrected chi connectivity index (χ3v) is 6.84. The van der Waals surface area contributed by atoms with E-state index >= 15 is 0 Å². The molecule has 0 saturated carbocycles. The number of nitrogens with one attached hydrogen (secondary N) is 1. The number of nitrogens with zero attached hydrogens (tertiary/aromatic N) is 1. The molecular weight excluding hydrogens is 411 g/mol. The largest absolute Gasteiger partial charge is 0.495 e. The molecule has 2 rings (SSSR count). The Bertz CT molecular complexity index is 944. The molecule has 0 aliphatic heterocycles. The van der Waals surface area contributed by atoms with E-state index in [2.05, 4.69) is 5.32 Å². The van der Waals surface area contributed by atoms with Gasteiger partial charge in [-0.05, 0) is 30.3 Å². The van der Waals surface area contributed by atoms with Gasteiger partial charge in [-0.1, -0.05) is 43.1 Å². The highest BCUT2D eigenvalue weighted by molar-refractivity contribution is 7.89. The van der Waals surface area contributed by atoms with Crippen molar-refractivity contribution in [1.82, 2.24) is 4.31 Å². The zero-order valence-corrected chi connectivity index (χ0v) is 17.5. The average Bonchev–Trinajstić information content (AvgIpc) is 2.65. The fourth-order valence-corrected chi connectivity index (χ4v) is 4.50. The molecule has 6 nitrogen and oxygen atoms in total. The monoisotopic (exact) mass is 430 g/mol. The van der Waals surface area contributed by atoms with Crippen molar-refractivity contribution in [1.29, 1.82) is 0 Å². The average molecular weight is 431 g/mol. The Balaban J connectivity index is 2.45. The molecule has 9 heteroatoms. The Morgan fingerprint density at radius 2 is 1.81 bits per heavy atom. The molecule has 0 aromatic heterocycles. The Labute approximate surface area is 169 Å². The normalized spacial score (nSPS) is 11.5. The van der Waals surface area contributed by atoms with E-state index in [1.165, 1.54) is 29.6 Å². The molecule has 0 aliphatic rings. The van der Waals surface area contributed by atoms with E-state index in [1.807, 2.05) is 0 Å². The van der Waals surface area contributed by atoms with Crippen molar-refractivity contribution in [2.24, 2.45) is 0 Å². The van der Waals surface area contributed by atoms with Crippen LogP contribution in [0.15, 0.2) is 41.3 Å². The smallest absolute Gasteiger partial charge is 0.255 e. The van der Waals surface area contributed by atoms with Gasteiger partial charge in [-0.25, -0.2) is 8.42 Å². The minimum Gasteiger partial charge on any atom is -0.495 e. The molecule has 27 heavy (non-hydrogen) atoms. The SMILES string of the molecule is CCN(CC)S(=O)(=O)c1cc(C(=O)Nc2cccc(Cl)c2Cl)ccc1OC. The van der Waals surface area contributed by atoms with E-state index in [0.717, 1.165) is 0 Å². The van der Waals surface area contributed by atoms with E-state index in [1.54, 1.807) is 32.0 Å². The number of benzene rings is 2. The first-order valence-corrected chi connectivity index (χ1v) is 10.4. The number of sulfonamides is 1. The second kappa shape index (κ2) is 8.93. The van der Waals surface area contributed by atoms with Crippen LogP contribution in [0, 0.1) is 0 Å². The Morgan fingerprint density at radius 3 is 2.41 bits per heavy atom. The number of amides is 1. The predicted molar refractivity (Wildman–Crippen MR) is 108 cm³/mol. The third-order valence-electron chi connectivity index (χ3n) is 3.95. The van der Waals surface area contributed by atoms with Crippen molar-refractivity contribution >= 4 is 44.8 Å². The van der Waals surface area contributed by atoms with Crippen molar-refractivity contribution in [3.05, 3.63) is 52.0 Å². The summed E-state index contributed by atoms with van der Waals surface area (Å²) >= 11 is 12.0. The summed E-state index contributed by atoms with van der Waals surface area (Å²) in [5.74, 6) is -0.350. The molecule has 1 amide bonds. The summed E-state index contributed by atoms with van der Waals surface area (Å²) in [7, 11) is -2.43. The molecule has 0 spiro atoms. The first-order chi connectivity index (χ1) is 12.8. The lowest BCUT2D eigenvalue weighted by atomic mass is 10.2. The van der Waals surface area contributed by atoms with Crippen molar-refractivity contribution in [3.8, 4) is 5.75 Å². The number of halogens is 2. The zero-order chi connectivity index (χ0) is 20.2. The number of hydrogen-bond acceptors (Lipinski definition) is 4. The maximum absolute atomic E-state index is 12.9. The second-order valence-electron chi connectivity index (χ2n) is 5.51. The molecule has 0 atom stereocenters. The highest BCUT2D eigenvalue weighted by atomic mass is 35.5. The Kier molecular flexibility index (Phi) is 7.11. The van der Waals surface area contributed by atoms with Gasteiger partial charge in [-0.15, -0.1) is 0 Å². The summed E-state index contributed by atoms with van der Waals surface area (Å²) in [5.41, 5.74) is 0.482. The molecule has 0 heterocycles. The van der Waals surface area contributed by atoms with Crippen LogP contribution < -0.4 is 10.1 Å². The molecule has 0 radical (unpaired) electrons. The van der Waals surface area contributed by atoms with Crippen LogP contribution in [0.1, 0.15) is 24.2 Å². The predicted octanol–water partition coefficient (Wildman–Crippen LogP) is 4.28. The van der Waals surface area contributed by atoms with Gasteiger partial charge in [-0.2, -0.15) is 4.31 Å². The standard InChI is InChI=1S/C18H20Cl2N2O4S/c1-4-22(5-2)27(24,25)16-11-12(9-10-15(16)26-3)18(23)21-14-8-6-7-13(19)17(14)20/h6-11H,4-5H2,1-3H3,(H,21,23). The summed E-state index contributed by atoms with van der Waals surface area (Å²) < 4.78 is 32.2. The Morgan fingerprint density at radius 1 is 1.15 bits per heavy atom. The van der Waals surface area contributed by atoms with Crippen LogP contribution in [0.4, 0.5) is 5.69 Å². The summed E-state index contributed by atoms with van der Waals surface area (Å²) in [4.78, 5) is 12.5. The fourth-order valence-electron chi connectivity index (χ4n) is 2.52. The summed E-state index contributed by atoms with van der Waals surface area (Å²) in [6.45, 7) is 4.09. The number of hydrogen-bond donors (Lipinski definition) is 1. The maximum Gasteiger partial charge on any atom is 0.255 e. The number of carbonyl (C=O) groups is 1. The van der Waals surface area contributed by atoms with Gasteiger partial charge in [0.2, 0.25) is 10.0 Å². The fraction of sp³-hybridized carbons (Fsp3) is 0.278. The van der Waals surface area contributed by atoms with Gasteiger partial charge in [-0.3, -0.25) is 4.79 Å². The minimum atomic E-state index is -3.81. The van der Waals surface area contributed by atoms with Crippen LogP contribution in [-0.4, -0.2) is 38.8 Å². The summed E-state index contributed by atoms with van der Waals surface area (Å²) in [6, 6.07) is 9.07. The van der Waals surface area contributed by atoms with Crippen molar-refractivity contribution < 1.29 is 17.9 Å². The molecule has 1 N–H and O–H groups in total. The summed E-state index contributed by atoms with van der Waals surface area (Å²) in [6.07, 6.45) is 0. The first-order valence-electron chi connectivity index (χ1n) is 8.19. The van der Waals surface area contributed by atoms with Crippen molar-refractivity contribution in [2.75, 3.05) is 25.5 Å². The highest BCUT2D eigenvalue weighted by Crippen LogP contribution is 2.31. The van der Waals surface area contributed by atoms with Gasteiger partial charge in [0.05, 0.1) is 22.8 Å². The lowest BCUT2D eigenvalue weighted by molar-refractivity contribution is 0.102. The van der Waals surface area contributed by atoms with E-state index in [0.29, 0.717) is 23.8 Å². The van der Waals surface area contributed by atoms with Crippen LogP contribution in [0.2, 0.25) is 10.0 Å². The number of carbonyl (C=O) groups excluding carboxylic acids is 1. The van der Waals surface area contributed by atoms with E-state index in [4.69, 9.17) is 27.9 Å². The van der Waals surface area contributed by atoms with Crippen molar-refractivity contribution in [3.63, 3.8) is 0 Å². The molecule has 0 saturated heterocycles. The molecule has 2 aromatic rings. The lowest BCUT2D eigenvalue weighted by Crippen LogP contribution is -2.31. The molecule has 0 unspecified atom stereocenters. The molecule has 146 valence electrons. The van der Waals surface area contributed by atoms with Gasteiger partial charge in [0, 0.05) is 18.7 Å². The van der Waals surface area contributed by atoms with Gasteiger partial charge in [0.1, 0.15) is 10.6 Å². The van der Waals surface area contributed by atoms with E-state index in [9.17, 15) is 13.2 Å². The molecule has 0 bridgehead atoms. The third kappa shape index (κ3) is 4.55. The van der Waals surface area contributed by atoms with E-state index in [-0.39, 0.29) is 21.2 Å². The van der Waals surface area contributed by atoms with Gasteiger partial charge < -0.3 is 10.1 Å². The summed E-state index contributed by atoms with van der Waals surface area (Å²) in [5, 5.41) is 3.14. The van der Waals surface area contributed by atoms with Crippen LogP contribution in [0.5, 0.6) is 5.75 Å². The van der Waals surface area contributed by atoms with Gasteiger partial charge >= 0.3 is 0 Å². The number of anilines is 1. The molecule has 0 fully saturated rings.